The molecule has 1 rings (SSSR count). The van der Waals surface area contributed by atoms with Crippen LogP contribution in [0.4, 0.5) is 4.39 Å². The van der Waals surface area contributed by atoms with Crippen molar-refractivity contribution in [1.29, 1.82) is 0 Å². The van der Waals surface area contributed by atoms with E-state index >= 15 is 0 Å². The van der Waals surface area contributed by atoms with Crippen LogP contribution in [0.3, 0.4) is 0 Å². The van der Waals surface area contributed by atoms with Gasteiger partial charge in [0.1, 0.15) is 6.33 Å². The van der Waals surface area contributed by atoms with Gasteiger partial charge in [-0.2, -0.15) is 0 Å². The molecule has 4 nitrogen and oxygen atoms in total. The summed E-state index contributed by atoms with van der Waals surface area (Å²) in [6.07, 6.45) is 1.66. The van der Waals surface area contributed by atoms with Gasteiger partial charge in [0.2, 0.25) is 0 Å². The molecule has 0 aliphatic carbocycles. The van der Waals surface area contributed by atoms with Crippen LogP contribution in [0.5, 0.6) is 0 Å². The van der Waals surface area contributed by atoms with Crippen LogP contribution in [0.2, 0.25) is 0 Å². The molecule has 0 saturated heterocycles. The molecule has 0 spiro atoms. The number of aromatic nitrogens is 2. The number of esters is 1. The molecule has 88 valence electrons. The van der Waals surface area contributed by atoms with E-state index in [-0.39, 0.29) is 23.9 Å². The topological polar surface area (TPSA) is 52.1 Å². The molecule has 0 radical (unpaired) electrons. The van der Waals surface area contributed by atoms with E-state index in [4.69, 9.17) is 4.74 Å². The molecular weight excluding hydrogens is 211 g/mol. The van der Waals surface area contributed by atoms with Crippen LogP contribution < -0.4 is 0 Å². The first-order valence-corrected chi connectivity index (χ1v) is 5.22. The smallest absolute Gasteiger partial charge is 0.360 e. The lowest BCUT2D eigenvalue weighted by atomic mass is 10.1. The van der Waals surface area contributed by atoms with E-state index in [1.807, 2.05) is 13.8 Å². The summed E-state index contributed by atoms with van der Waals surface area (Å²) in [5.41, 5.74) is -0.0273. The molecule has 1 heterocycles. The first kappa shape index (κ1) is 12.5. The fourth-order valence-corrected chi connectivity index (χ4v) is 1.28. The zero-order valence-corrected chi connectivity index (χ0v) is 9.66. The summed E-state index contributed by atoms with van der Waals surface area (Å²) in [4.78, 5) is 18.8. The largest absolute Gasteiger partial charge is 0.461 e. The average molecular weight is 226 g/mol. The fourth-order valence-electron chi connectivity index (χ4n) is 1.28. The number of carbonyl (C=O) groups is 1. The highest BCUT2D eigenvalue weighted by Crippen LogP contribution is 2.13. The standard InChI is InChI=1S/C11H15FN2O2/c1-4-16-11(15)10-9(12)8(5-7(2)3)13-6-14-10/h6-7H,4-5H2,1-3H3. The van der Waals surface area contributed by atoms with E-state index in [1.165, 1.54) is 6.33 Å². The minimum absolute atomic E-state index is 0.196. The second kappa shape index (κ2) is 5.53. The van der Waals surface area contributed by atoms with Gasteiger partial charge in [0.25, 0.3) is 0 Å². The van der Waals surface area contributed by atoms with Gasteiger partial charge in [0.15, 0.2) is 11.5 Å². The number of halogens is 1. The van der Waals surface area contributed by atoms with Gasteiger partial charge < -0.3 is 4.74 Å². The molecule has 0 aliphatic rings. The Balaban J connectivity index is 2.99. The Labute approximate surface area is 93.9 Å². The molecule has 1 aromatic heterocycles. The molecule has 16 heavy (non-hydrogen) atoms. The third-order valence-electron chi connectivity index (χ3n) is 1.93. The van der Waals surface area contributed by atoms with Crippen LogP contribution in [0.15, 0.2) is 6.33 Å². The maximum absolute atomic E-state index is 13.8. The van der Waals surface area contributed by atoms with Crippen LogP contribution in [0.25, 0.3) is 0 Å². The molecule has 0 amide bonds. The molecule has 0 saturated carbocycles. The Bertz CT molecular complexity index is 380. The summed E-state index contributed by atoms with van der Waals surface area (Å²) in [5, 5.41) is 0. The van der Waals surface area contributed by atoms with E-state index in [0.717, 1.165) is 0 Å². The highest BCUT2D eigenvalue weighted by atomic mass is 19.1. The highest BCUT2D eigenvalue weighted by molar-refractivity contribution is 5.87. The summed E-state index contributed by atoms with van der Waals surface area (Å²) < 4.78 is 18.5. The van der Waals surface area contributed by atoms with Crippen LogP contribution in [-0.2, 0) is 11.2 Å². The van der Waals surface area contributed by atoms with Gasteiger partial charge in [-0.1, -0.05) is 13.8 Å². The Kier molecular flexibility index (Phi) is 4.34. The van der Waals surface area contributed by atoms with Gasteiger partial charge in [-0.15, -0.1) is 0 Å². The monoisotopic (exact) mass is 226 g/mol. The average Bonchev–Trinajstić information content (AvgIpc) is 2.21. The number of hydrogen-bond donors (Lipinski definition) is 0. The van der Waals surface area contributed by atoms with Gasteiger partial charge in [-0.25, -0.2) is 19.2 Å². The SMILES string of the molecule is CCOC(=O)c1ncnc(CC(C)C)c1F. The van der Waals surface area contributed by atoms with Gasteiger partial charge >= 0.3 is 5.97 Å². The molecule has 0 N–H and O–H groups in total. The van der Waals surface area contributed by atoms with Crippen molar-refractivity contribution >= 4 is 5.97 Å². The van der Waals surface area contributed by atoms with Crippen molar-refractivity contribution in [2.45, 2.75) is 27.2 Å². The summed E-state index contributed by atoms with van der Waals surface area (Å²) in [5.74, 6) is -1.15. The number of ether oxygens (including phenoxy) is 1. The molecular formula is C11H15FN2O2. The van der Waals surface area contributed by atoms with Crippen molar-refractivity contribution in [3.8, 4) is 0 Å². The Morgan fingerprint density at radius 2 is 2.19 bits per heavy atom. The van der Waals surface area contributed by atoms with Gasteiger partial charge in [-0.3, -0.25) is 0 Å². The zero-order valence-electron chi connectivity index (χ0n) is 9.66. The molecule has 0 unspecified atom stereocenters. The Hall–Kier alpha value is -1.52. The molecule has 0 aliphatic heterocycles. The van der Waals surface area contributed by atoms with Crippen LogP contribution in [0, 0.1) is 11.7 Å². The third-order valence-corrected chi connectivity index (χ3v) is 1.93. The minimum Gasteiger partial charge on any atom is -0.461 e. The van der Waals surface area contributed by atoms with Crippen molar-refractivity contribution in [3.05, 3.63) is 23.5 Å². The summed E-state index contributed by atoms with van der Waals surface area (Å²) in [7, 11) is 0. The third kappa shape index (κ3) is 2.98. The van der Waals surface area contributed by atoms with E-state index < -0.39 is 11.8 Å². The molecule has 1 aromatic rings. The van der Waals surface area contributed by atoms with Crippen molar-refractivity contribution in [2.24, 2.45) is 5.92 Å². The molecule has 0 bridgehead atoms. The van der Waals surface area contributed by atoms with Crippen molar-refractivity contribution in [1.82, 2.24) is 9.97 Å². The lowest BCUT2D eigenvalue weighted by Crippen LogP contribution is -2.13. The van der Waals surface area contributed by atoms with E-state index in [9.17, 15) is 9.18 Å². The van der Waals surface area contributed by atoms with Gasteiger partial charge in [-0.05, 0) is 19.3 Å². The predicted octanol–water partition coefficient (Wildman–Crippen LogP) is 1.99. The molecule has 0 atom stereocenters. The van der Waals surface area contributed by atoms with Crippen molar-refractivity contribution in [3.63, 3.8) is 0 Å². The zero-order chi connectivity index (χ0) is 12.1. The van der Waals surface area contributed by atoms with E-state index in [2.05, 4.69) is 9.97 Å². The minimum atomic E-state index is -0.743. The predicted molar refractivity (Wildman–Crippen MR) is 56.5 cm³/mol. The molecule has 0 aromatic carbocycles. The number of rotatable bonds is 4. The number of carbonyl (C=O) groups excluding carboxylic acids is 1. The van der Waals surface area contributed by atoms with E-state index in [1.54, 1.807) is 6.92 Å². The van der Waals surface area contributed by atoms with Crippen molar-refractivity contribution in [2.75, 3.05) is 6.61 Å². The fraction of sp³-hybridized carbons (Fsp3) is 0.545. The highest BCUT2D eigenvalue weighted by Gasteiger charge is 2.19. The Morgan fingerprint density at radius 3 is 2.75 bits per heavy atom. The summed E-state index contributed by atoms with van der Waals surface area (Å²) in [6, 6.07) is 0. The first-order chi connectivity index (χ1) is 7.56. The van der Waals surface area contributed by atoms with Crippen LogP contribution in [-0.4, -0.2) is 22.5 Å². The lowest BCUT2D eigenvalue weighted by Gasteiger charge is -2.07. The number of hydrogen-bond acceptors (Lipinski definition) is 4. The maximum Gasteiger partial charge on any atom is 0.360 e. The van der Waals surface area contributed by atoms with Gasteiger partial charge in [0, 0.05) is 0 Å². The quantitative estimate of drug-likeness (QED) is 0.737. The number of nitrogens with zero attached hydrogens (tertiary/aromatic N) is 2. The summed E-state index contributed by atoms with van der Waals surface area (Å²) in [6.45, 7) is 5.75. The summed E-state index contributed by atoms with van der Waals surface area (Å²) >= 11 is 0. The van der Waals surface area contributed by atoms with E-state index in [0.29, 0.717) is 6.42 Å². The van der Waals surface area contributed by atoms with Gasteiger partial charge in [0.05, 0.1) is 12.3 Å². The molecule has 5 heteroatoms. The van der Waals surface area contributed by atoms with Crippen molar-refractivity contribution < 1.29 is 13.9 Å². The second-order valence-corrected chi connectivity index (χ2v) is 3.80. The first-order valence-electron chi connectivity index (χ1n) is 5.22. The van der Waals surface area contributed by atoms with Crippen LogP contribution >= 0.6 is 0 Å². The lowest BCUT2D eigenvalue weighted by molar-refractivity contribution is 0.0512. The second-order valence-electron chi connectivity index (χ2n) is 3.80. The molecule has 0 fully saturated rings. The maximum atomic E-state index is 13.8. The van der Waals surface area contributed by atoms with Crippen LogP contribution in [0.1, 0.15) is 37.0 Å². The Morgan fingerprint density at radius 1 is 1.50 bits per heavy atom. The normalized spacial score (nSPS) is 10.6.